The fraction of sp³-hybridized carbons (Fsp3) is 0.941. The number of carbonyl (C=O) groups is 2. The third kappa shape index (κ3) is 59.8. The highest BCUT2D eigenvalue weighted by atomic mass is 16.5. The molecule has 0 rings (SSSR count). The van der Waals surface area contributed by atoms with Crippen LogP contribution >= 0.6 is 0 Å². The molecule has 0 aliphatic carbocycles. The number of ether oxygens (including phenoxy) is 1. The van der Waals surface area contributed by atoms with E-state index in [1.807, 2.05) is 0 Å². The van der Waals surface area contributed by atoms with Crippen LogP contribution in [0.1, 0.15) is 386 Å². The van der Waals surface area contributed by atoms with E-state index in [0.717, 1.165) is 44.9 Å². The molecule has 0 saturated carbocycles. The van der Waals surface area contributed by atoms with E-state index in [1.54, 1.807) is 0 Å². The van der Waals surface area contributed by atoms with Crippen LogP contribution in [0.2, 0.25) is 0 Å². The van der Waals surface area contributed by atoms with E-state index in [-0.39, 0.29) is 18.5 Å². The number of aliphatic hydroxyl groups excluding tert-OH is 2. The van der Waals surface area contributed by atoms with Crippen molar-refractivity contribution < 1.29 is 24.5 Å². The van der Waals surface area contributed by atoms with Crippen molar-refractivity contribution in [3.8, 4) is 0 Å². The average molecular weight is 1040 g/mol. The van der Waals surface area contributed by atoms with E-state index in [9.17, 15) is 19.8 Å². The van der Waals surface area contributed by atoms with Gasteiger partial charge in [-0.05, 0) is 51.4 Å². The summed E-state index contributed by atoms with van der Waals surface area (Å²) in [7, 11) is 0. The summed E-state index contributed by atoms with van der Waals surface area (Å²) in [5.74, 6) is -0.0165. The van der Waals surface area contributed by atoms with Crippen LogP contribution in [0, 0.1) is 0 Å². The second-order valence-electron chi connectivity index (χ2n) is 23.5. The van der Waals surface area contributed by atoms with Crippen LogP contribution in [0.25, 0.3) is 0 Å². The molecule has 0 aromatic carbocycles. The van der Waals surface area contributed by atoms with Crippen molar-refractivity contribution in [3.05, 3.63) is 12.2 Å². The normalized spacial score (nSPS) is 12.5. The highest BCUT2D eigenvalue weighted by molar-refractivity contribution is 5.76. The SMILES string of the molecule is CCCCCCCCC/C=C\CCCCCCCC(=O)OCCCCCCCCCCCCCCCCCCCCCCCCCCCCCCCCCC(=O)NC(CO)C(O)CCCCCCCCCCCC. The van der Waals surface area contributed by atoms with Gasteiger partial charge in [0, 0.05) is 12.8 Å². The zero-order valence-corrected chi connectivity index (χ0v) is 50.4. The maximum Gasteiger partial charge on any atom is 0.305 e. The number of rotatable bonds is 64. The molecule has 1 amide bonds. The Balaban J connectivity index is 3.29. The minimum absolute atomic E-state index is 0.0139. The van der Waals surface area contributed by atoms with Gasteiger partial charge in [-0.2, -0.15) is 0 Å². The predicted octanol–water partition coefficient (Wildman–Crippen LogP) is 21.6. The Bertz CT molecular complexity index is 1110. The van der Waals surface area contributed by atoms with E-state index in [4.69, 9.17) is 4.74 Å². The lowest BCUT2D eigenvalue weighted by Gasteiger charge is -2.22. The average Bonchev–Trinajstić information content (AvgIpc) is 3.40. The topological polar surface area (TPSA) is 95.9 Å². The summed E-state index contributed by atoms with van der Waals surface area (Å²) in [5.41, 5.74) is 0. The second-order valence-corrected chi connectivity index (χ2v) is 23.5. The third-order valence-corrected chi connectivity index (χ3v) is 16.1. The third-order valence-electron chi connectivity index (χ3n) is 16.1. The molecule has 0 aromatic rings. The number of amides is 1. The Morgan fingerprint density at radius 3 is 0.959 bits per heavy atom. The first-order valence-electron chi connectivity index (χ1n) is 33.9. The molecule has 2 atom stereocenters. The minimum atomic E-state index is -0.658. The number of unbranched alkanes of at least 4 members (excludes halogenated alkanes) is 51. The Morgan fingerprint density at radius 2 is 0.635 bits per heavy atom. The molecule has 6 heteroatoms. The van der Waals surface area contributed by atoms with Gasteiger partial charge in [-0.15, -0.1) is 0 Å². The van der Waals surface area contributed by atoms with Gasteiger partial charge in [0.15, 0.2) is 0 Å². The zero-order valence-electron chi connectivity index (χ0n) is 50.4. The first-order chi connectivity index (χ1) is 36.5. The molecule has 0 heterocycles. The molecular formula is C68H133NO5. The maximum atomic E-state index is 12.4. The zero-order chi connectivity index (χ0) is 53.6. The Hall–Kier alpha value is -1.40. The number of nitrogens with one attached hydrogen (secondary N) is 1. The summed E-state index contributed by atoms with van der Waals surface area (Å²) in [6.07, 6.45) is 78.4. The summed E-state index contributed by atoms with van der Waals surface area (Å²) in [6, 6.07) is -0.535. The summed E-state index contributed by atoms with van der Waals surface area (Å²) in [6.45, 7) is 4.96. The molecule has 2 unspecified atom stereocenters. The fourth-order valence-corrected chi connectivity index (χ4v) is 10.9. The van der Waals surface area contributed by atoms with Crippen LogP contribution in [-0.2, 0) is 14.3 Å². The van der Waals surface area contributed by atoms with Crippen LogP contribution in [0.3, 0.4) is 0 Å². The van der Waals surface area contributed by atoms with Gasteiger partial charge >= 0.3 is 5.97 Å². The minimum Gasteiger partial charge on any atom is -0.466 e. The van der Waals surface area contributed by atoms with Gasteiger partial charge in [0.1, 0.15) is 0 Å². The first kappa shape index (κ1) is 72.6. The number of hydrogen-bond donors (Lipinski definition) is 3. The smallest absolute Gasteiger partial charge is 0.305 e. The number of hydrogen-bond acceptors (Lipinski definition) is 5. The van der Waals surface area contributed by atoms with Gasteiger partial charge in [-0.1, -0.05) is 334 Å². The molecule has 0 spiro atoms. The second kappa shape index (κ2) is 64.1. The van der Waals surface area contributed by atoms with Gasteiger partial charge in [0.2, 0.25) is 5.91 Å². The summed E-state index contributed by atoms with van der Waals surface area (Å²) in [4.78, 5) is 24.5. The van der Waals surface area contributed by atoms with E-state index in [1.165, 1.54) is 308 Å². The van der Waals surface area contributed by atoms with Gasteiger partial charge in [-0.25, -0.2) is 0 Å². The number of allylic oxidation sites excluding steroid dienone is 2. The van der Waals surface area contributed by atoms with Crippen LogP contribution < -0.4 is 5.32 Å². The lowest BCUT2D eigenvalue weighted by molar-refractivity contribution is -0.143. The van der Waals surface area contributed by atoms with Gasteiger partial charge < -0.3 is 20.3 Å². The van der Waals surface area contributed by atoms with E-state index < -0.39 is 12.1 Å². The largest absolute Gasteiger partial charge is 0.466 e. The van der Waals surface area contributed by atoms with Gasteiger partial charge in [0.05, 0.1) is 25.4 Å². The molecular weight excluding hydrogens is 911 g/mol. The van der Waals surface area contributed by atoms with Crippen LogP contribution in [0.5, 0.6) is 0 Å². The lowest BCUT2D eigenvalue weighted by Crippen LogP contribution is -2.45. The van der Waals surface area contributed by atoms with Crippen molar-refractivity contribution in [1.29, 1.82) is 0 Å². The van der Waals surface area contributed by atoms with Crippen molar-refractivity contribution in [2.75, 3.05) is 13.2 Å². The van der Waals surface area contributed by atoms with Gasteiger partial charge in [0.25, 0.3) is 0 Å². The van der Waals surface area contributed by atoms with Crippen LogP contribution in [-0.4, -0.2) is 47.4 Å². The molecule has 74 heavy (non-hydrogen) atoms. The summed E-state index contributed by atoms with van der Waals surface area (Å²) in [5, 5.41) is 23.2. The van der Waals surface area contributed by atoms with Crippen molar-refractivity contribution in [2.45, 2.75) is 398 Å². The number of carbonyl (C=O) groups excluding carboxylic acids is 2. The standard InChI is InChI=1S/C68H133NO5/c1-3-5-7-9-11-13-15-16-17-36-39-42-46-50-54-58-62-68(73)74-63-59-55-51-47-43-40-37-34-32-30-28-26-24-22-20-18-19-21-23-25-27-29-31-33-35-38-41-45-49-53-57-61-67(72)69-65(64-70)66(71)60-56-52-48-44-14-12-10-8-6-4-2/h17,36,65-66,70-71H,3-16,18-35,37-64H2,1-2H3,(H,69,72)/b36-17-. The molecule has 0 fully saturated rings. The highest BCUT2D eigenvalue weighted by Gasteiger charge is 2.20. The highest BCUT2D eigenvalue weighted by Crippen LogP contribution is 2.19. The Labute approximate surface area is 463 Å². The number of esters is 1. The summed E-state index contributed by atoms with van der Waals surface area (Å²) < 4.78 is 5.50. The lowest BCUT2D eigenvalue weighted by atomic mass is 10.0. The molecule has 0 aromatic heterocycles. The Kier molecular flexibility index (Phi) is 62.9. The molecule has 0 bridgehead atoms. The molecule has 0 saturated heterocycles. The molecule has 3 N–H and O–H groups in total. The van der Waals surface area contributed by atoms with Crippen LogP contribution in [0.15, 0.2) is 12.2 Å². The predicted molar refractivity (Wildman–Crippen MR) is 324 cm³/mol. The summed E-state index contributed by atoms with van der Waals surface area (Å²) >= 11 is 0. The number of aliphatic hydroxyl groups is 2. The molecule has 440 valence electrons. The van der Waals surface area contributed by atoms with Crippen molar-refractivity contribution >= 4 is 11.9 Å². The maximum absolute atomic E-state index is 12.4. The van der Waals surface area contributed by atoms with E-state index >= 15 is 0 Å². The van der Waals surface area contributed by atoms with E-state index in [0.29, 0.717) is 25.9 Å². The fourth-order valence-electron chi connectivity index (χ4n) is 10.9. The molecule has 0 aliphatic rings. The van der Waals surface area contributed by atoms with Crippen molar-refractivity contribution in [1.82, 2.24) is 5.32 Å². The monoisotopic (exact) mass is 1040 g/mol. The van der Waals surface area contributed by atoms with Crippen molar-refractivity contribution in [3.63, 3.8) is 0 Å². The van der Waals surface area contributed by atoms with Gasteiger partial charge in [-0.3, -0.25) is 9.59 Å². The van der Waals surface area contributed by atoms with E-state index in [2.05, 4.69) is 31.3 Å². The van der Waals surface area contributed by atoms with Crippen molar-refractivity contribution in [2.24, 2.45) is 0 Å². The molecule has 6 nitrogen and oxygen atoms in total. The van der Waals surface area contributed by atoms with Crippen LogP contribution in [0.4, 0.5) is 0 Å². The first-order valence-corrected chi connectivity index (χ1v) is 33.9. The Morgan fingerprint density at radius 1 is 0.365 bits per heavy atom. The molecule has 0 radical (unpaired) electrons. The molecule has 0 aliphatic heterocycles. The quantitative estimate of drug-likeness (QED) is 0.0320.